The highest BCUT2D eigenvalue weighted by Crippen LogP contribution is 2.31. The van der Waals surface area contributed by atoms with Crippen molar-refractivity contribution in [1.82, 2.24) is 4.90 Å². The van der Waals surface area contributed by atoms with Gasteiger partial charge in [-0.1, -0.05) is 41.0 Å². The Morgan fingerprint density at radius 2 is 1.44 bits per heavy atom. The first-order valence-electron chi connectivity index (χ1n) is 7.72. The monoisotopic (exact) mass is 256 g/mol. The maximum atomic E-state index is 6.20. The molecule has 18 heavy (non-hydrogen) atoms. The number of nitrogens with zero attached hydrogens (tertiary/aromatic N) is 1. The van der Waals surface area contributed by atoms with Gasteiger partial charge >= 0.3 is 0 Å². The lowest BCUT2D eigenvalue weighted by Gasteiger charge is -2.47. The van der Waals surface area contributed by atoms with Gasteiger partial charge in [-0.15, -0.1) is 0 Å². The van der Waals surface area contributed by atoms with E-state index in [1.807, 2.05) is 0 Å². The third kappa shape index (κ3) is 5.27. The SMILES string of the molecule is CCCC(C)N(C)C(CN)(CC(C)C)CC(C)C. The smallest absolute Gasteiger partial charge is 0.0336 e. The maximum Gasteiger partial charge on any atom is 0.0336 e. The molecule has 0 amide bonds. The second-order valence-corrected chi connectivity index (χ2v) is 6.87. The van der Waals surface area contributed by atoms with E-state index in [-0.39, 0.29) is 5.54 Å². The molecule has 110 valence electrons. The van der Waals surface area contributed by atoms with E-state index >= 15 is 0 Å². The molecule has 2 nitrogen and oxygen atoms in total. The zero-order chi connectivity index (χ0) is 14.3. The van der Waals surface area contributed by atoms with E-state index < -0.39 is 0 Å². The molecule has 0 bridgehead atoms. The van der Waals surface area contributed by atoms with Gasteiger partial charge in [-0.2, -0.15) is 0 Å². The Bertz CT molecular complexity index is 201. The fourth-order valence-electron chi connectivity index (χ4n) is 3.28. The molecule has 0 aromatic heterocycles. The summed E-state index contributed by atoms with van der Waals surface area (Å²) in [5, 5.41) is 0. The second-order valence-electron chi connectivity index (χ2n) is 6.87. The first-order valence-corrected chi connectivity index (χ1v) is 7.72. The fourth-order valence-corrected chi connectivity index (χ4v) is 3.28. The van der Waals surface area contributed by atoms with Gasteiger partial charge in [0.15, 0.2) is 0 Å². The van der Waals surface area contributed by atoms with E-state index in [0.29, 0.717) is 17.9 Å². The molecule has 0 aromatic carbocycles. The van der Waals surface area contributed by atoms with Crippen molar-refractivity contribution in [3.05, 3.63) is 0 Å². The standard InChI is InChI=1S/C16H36N2/c1-8-9-15(6)18(7)16(12-17,10-13(2)3)11-14(4)5/h13-15H,8-12,17H2,1-7H3. The van der Waals surface area contributed by atoms with Crippen molar-refractivity contribution >= 4 is 0 Å². The van der Waals surface area contributed by atoms with Gasteiger partial charge in [0.25, 0.3) is 0 Å². The van der Waals surface area contributed by atoms with Crippen molar-refractivity contribution in [3.63, 3.8) is 0 Å². The summed E-state index contributed by atoms with van der Waals surface area (Å²) in [6.07, 6.45) is 4.91. The van der Waals surface area contributed by atoms with Crippen molar-refractivity contribution in [2.24, 2.45) is 17.6 Å². The summed E-state index contributed by atoms with van der Waals surface area (Å²) >= 11 is 0. The van der Waals surface area contributed by atoms with Gasteiger partial charge in [0, 0.05) is 18.1 Å². The Hall–Kier alpha value is -0.0800. The molecule has 0 aliphatic carbocycles. The number of rotatable bonds is 9. The summed E-state index contributed by atoms with van der Waals surface area (Å²) in [5.74, 6) is 1.40. The quantitative estimate of drug-likeness (QED) is 0.678. The molecule has 0 aliphatic heterocycles. The summed E-state index contributed by atoms with van der Waals surface area (Å²) in [6, 6.07) is 0.621. The van der Waals surface area contributed by atoms with Gasteiger partial charge in [0.05, 0.1) is 0 Å². The highest BCUT2D eigenvalue weighted by Gasteiger charge is 2.36. The molecule has 0 saturated carbocycles. The van der Waals surface area contributed by atoms with Crippen molar-refractivity contribution in [2.45, 2.75) is 78.8 Å². The van der Waals surface area contributed by atoms with Crippen LogP contribution >= 0.6 is 0 Å². The van der Waals surface area contributed by atoms with Crippen LogP contribution in [0.1, 0.15) is 67.2 Å². The number of hydrogen-bond donors (Lipinski definition) is 1. The van der Waals surface area contributed by atoms with Crippen LogP contribution in [0.2, 0.25) is 0 Å². The minimum Gasteiger partial charge on any atom is -0.329 e. The van der Waals surface area contributed by atoms with Crippen LogP contribution in [0.25, 0.3) is 0 Å². The minimum atomic E-state index is 0.178. The molecule has 0 radical (unpaired) electrons. The van der Waals surface area contributed by atoms with Gasteiger partial charge in [-0.3, -0.25) is 4.90 Å². The molecule has 1 atom stereocenters. The summed E-state index contributed by atoms with van der Waals surface area (Å²) in [6.45, 7) is 14.6. The normalized spacial score (nSPS) is 14.8. The van der Waals surface area contributed by atoms with E-state index in [2.05, 4.69) is 53.5 Å². The van der Waals surface area contributed by atoms with Crippen LogP contribution in [0.5, 0.6) is 0 Å². The Labute approximate surface area is 115 Å². The largest absolute Gasteiger partial charge is 0.329 e. The van der Waals surface area contributed by atoms with E-state index in [0.717, 1.165) is 6.54 Å². The van der Waals surface area contributed by atoms with Crippen LogP contribution in [-0.2, 0) is 0 Å². The predicted octanol–water partition coefficient (Wildman–Crippen LogP) is 3.90. The molecule has 0 fully saturated rings. The van der Waals surface area contributed by atoms with Crippen LogP contribution in [0.15, 0.2) is 0 Å². The van der Waals surface area contributed by atoms with Gasteiger partial charge in [0.2, 0.25) is 0 Å². The Morgan fingerprint density at radius 3 is 1.72 bits per heavy atom. The fraction of sp³-hybridized carbons (Fsp3) is 1.00. The zero-order valence-electron chi connectivity index (χ0n) is 13.8. The van der Waals surface area contributed by atoms with Crippen LogP contribution in [0.4, 0.5) is 0 Å². The molecular weight excluding hydrogens is 220 g/mol. The number of hydrogen-bond acceptors (Lipinski definition) is 2. The van der Waals surface area contributed by atoms with Crippen LogP contribution in [0, 0.1) is 11.8 Å². The Balaban J connectivity index is 5.01. The van der Waals surface area contributed by atoms with E-state index in [1.54, 1.807) is 0 Å². The molecule has 0 rings (SSSR count). The highest BCUT2D eigenvalue weighted by molar-refractivity contribution is 4.94. The van der Waals surface area contributed by atoms with Crippen LogP contribution < -0.4 is 5.73 Å². The number of nitrogens with two attached hydrogens (primary N) is 1. The topological polar surface area (TPSA) is 29.3 Å². The third-order valence-corrected chi connectivity index (χ3v) is 4.07. The van der Waals surface area contributed by atoms with Gasteiger partial charge < -0.3 is 5.73 Å². The van der Waals surface area contributed by atoms with Gasteiger partial charge in [-0.05, 0) is 45.1 Å². The molecule has 0 spiro atoms. The average Bonchev–Trinajstić information content (AvgIpc) is 2.26. The van der Waals surface area contributed by atoms with Crippen LogP contribution in [-0.4, -0.2) is 30.1 Å². The second kappa shape index (κ2) is 8.16. The average molecular weight is 256 g/mol. The third-order valence-electron chi connectivity index (χ3n) is 4.07. The van der Waals surface area contributed by atoms with E-state index in [4.69, 9.17) is 5.73 Å². The van der Waals surface area contributed by atoms with Crippen molar-refractivity contribution in [1.29, 1.82) is 0 Å². The summed E-state index contributed by atoms with van der Waals surface area (Å²) in [7, 11) is 2.28. The molecular formula is C16H36N2. The van der Waals surface area contributed by atoms with E-state index in [1.165, 1.54) is 25.7 Å². The molecule has 0 saturated heterocycles. The minimum absolute atomic E-state index is 0.178. The molecule has 2 heteroatoms. The molecule has 2 N–H and O–H groups in total. The number of likely N-dealkylation sites (N-methyl/N-ethyl adjacent to an activating group) is 1. The summed E-state index contributed by atoms with van der Waals surface area (Å²) < 4.78 is 0. The van der Waals surface area contributed by atoms with Crippen LogP contribution in [0.3, 0.4) is 0 Å². The zero-order valence-corrected chi connectivity index (χ0v) is 13.8. The first kappa shape index (κ1) is 17.9. The Morgan fingerprint density at radius 1 is 1.00 bits per heavy atom. The van der Waals surface area contributed by atoms with Crippen molar-refractivity contribution < 1.29 is 0 Å². The predicted molar refractivity (Wildman–Crippen MR) is 82.8 cm³/mol. The summed E-state index contributed by atoms with van der Waals surface area (Å²) in [5.41, 5.74) is 6.38. The first-order chi connectivity index (χ1) is 8.29. The lowest BCUT2D eigenvalue weighted by molar-refractivity contribution is 0.0426. The van der Waals surface area contributed by atoms with Gasteiger partial charge in [-0.25, -0.2) is 0 Å². The van der Waals surface area contributed by atoms with Gasteiger partial charge in [0.1, 0.15) is 0 Å². The van der Waals surface area contributed by atoms with E-state index in [9.17, 15) is 0 Å². The highest BCUT2D eigenvalue weighted by atomic mass is 15.2. The molecule has 0 aliphatic rings. The lowest BCUT2D eigenvalue weighted by atomic mass is 9.79. The molecule has 0 heterocycles. The Kier molecular flexibility index (Phi) is 8.13. The summed E-state index contributed by atoms with van der Waals surface area (Å²) in [4.78, 5) is 2.57. The van der Waals surface area contributed by atoms with Crippen molar-refractivity contribution in [2.75, 3.05) is 13.6 Å². The molecule has 1 unspecified atom stereocenters. The van der Waals surface area contributed by atoms with Crippen molar-refractivity contribution in [3.8, 4) is 0 Å². The molecule has 0 aromatic rings. The maximum absolute atomic E-state index is 6.20. The lowest BCUT2D eigenvalue weighted by Crippen LogP contribution is -2.56.